The van der Waals surface area contributed by atoms with E-state index in [9.17, 15) is 4.79 Å². The first-order valence-corrected chi connectivity index (χ1v) is 6.01. The molecule has 0 aliphatic rings. The van der Waals surface area contributed by atoms with E-state index in [2.05, 4.69) is 4.98 Å². The zero-order valence-electron chi connectivity index (χ0n) is 10.2. The van der Waals surface area contributed by atoms with Gasteiger partial charge in [0, 0.05) is 16.5 Å². The van der Waals surface area contributed by atoms with Gasteiger partial charge in [-0.2, -0.15) is 0 Å². The summed E-state index contributed by atoms with van der Waals surface area (Å²) in [4.78, 5) is 16.8. The van der Waals surface area contributed by atoms with Gasteiger partial charge in [-0.25, -0.2) is 4.98 Å². The van der Waals surface area contributed by atoms with E-state index in [-0.39, 0.29) is 5.78 Å². The number of rotatable bonds is 2. The van der Waals surface area contributed by atoms with Gasteiger partial charge in [0.2, 0.25) is 0 Å². The van der Waals surface area contributed by atoms with Crippen LogP contribution in [0.25, 0.3) is 10.9 Å². The summed E-state index contributed by atoms with van der Waals surface area (Å²) in [5.41, 5.74) is 7.59. The SMILES string of the molecule is Nc1ccc2cccc(C(=O)c3ccccc3)c2n1. The van der Waals surface area contributed by atoms with Gasteiger partial charge < -0.3 is 5.73 Å². The van der Waals surface area contributed by atoms with Crippen molar-refractivity contribution in [2.75, 3.05) is 5.73 Å². The third-order valence-electron chi connectivity index (χ3n) is 3.02. The number of ketones is 1. The van der Waals surface area contributed by atoms with Gasteiger partial charge in [0.05, 0.1) is 5.52 Å². The quantitative estimate of drug-likeness (QED) is 0.709. The summed E-state index contributed by atoms with van der Waals surface area (Å²) in [6.07, 6.45) is 0. The number of carbonyl (C=O) groups excluding carboxylic acids is 1. The van der Waals surface area contributed by atoms with E-state index < -0.39 is 0 Å². The number of fused-ring (bicyclic) bond motifs is 1. The second-order valence-electron chi connectivity index (χ2n) is 4.31. The van der Waals surface area contributed by atoms with Crippen molar-refractivity contribution in [2.24, 2.45) is 0 Å². The number of para-hydroxylation sites is 1. The Hall–Kier alpha value is -2.68. The molecule has 1 heterocycles. The van der Waals surface area contributed by atoms with E-state index in [1.807, 2.05) is 36.4 Å². The topological polar surface area (TPSA) is 56.0 Å². The fourth-order valence-corrected chi connectivity index (χ4v) is 2.09. The summed E-state index contributed by atoms with van der Waals surface area (Å²) in [6.45, 7) is 0. The van der Waals surface area contributed by atoms with Gasteiger partial charge in [-0.05, 0) is 18.2 Å². The van der Waals surface area contributed by atoms with Crippen LogP contribution in [0.4, 0.5) is 5.82 Å². The minimum Gasteiger partial charge on any atom is -0.384 e. The summed E-state index contributed by atoms with van der Waals surface area (Å²) in [5, 5.41) is 0.913. The second-order valence-corrected chi connectivity index (χ2v) is 4.31. The van der Waals surface area contributed by atoms with Crippen LogP contribution in [0.5, 0.6) is 0 Å². The molecule has 0 radical (unpaired) electrons. The van der Waals surface area contributed by atoms with Crippen LogP contribution < -0.4 is 5.73 Å². The molecule has 0 aliphatic heterocycles. The van der Waals surface area contributed by atoms with Gasteiger partial charge in [0.25, 0.3) is 0 Å². The molecule has 0 fully saturated rings. The Bertz CT molecular complexity index is 751. The molecule has 1 aromatic heterocycles. The molecule has 92 valence electrons. The molecule has 2 aromatic carbocycles. The summed E-state index contributed by atoms with van der Waals surface area (Å²) >= 11 is 0. The van der Waals surface area contributed by atoms with Crippen molar-refractivity contribution in [3.8, 4) is 0 Å². The zero-order chi connectivity index (χ0) is 13.2. The monoisotopic (exact) mass is 248 g/mol. The predicted molar refractivity (Wildman–Crippen MR) is 76.0 cm³/mol. The Morgan fingerprint density at radius 2 is 1.68 bits per heavy atom. The fourth-order valence-electron chi connectivity index (χ4n) is 2.09. The van der Waals surface area contributed by atoms with Gasteiger partial charge in [0.1, 0.15) is 5.82 Å². The lowest BCUT2D eigenvalue weighted by molar-refractivity contribution is 0.104. The number of nitrogens with zero attached hydrogens (tertiary/aromatic N) is 1. The maximum absolute atomic E-state index is 12.5. The molecule has 3 nitrogen and oxygen atoms in total. The van der Waals surface area contributed by atoms with E-state index in [4.69, 9.17) is 5.73 Å². The normalized spacial score (nSPS) is 10.5. The van der Waals surface area contributed by atoms with E-state index in [0.29, 0.717) is 22.5 Å². The highest BCUT2D eigenvalue weighted by Gasteiger charge is 2.13. The standard InChI is InChI=1S/C16H12N2O/c17-14-10-9-11-7-4-8-13(15(11)18-14)16(19)12-5-2-1-3-6-12/h1-10H,(H2,17,18). The molecule has 3 heteroatoms. The van der Waals surface area contributed by atoms with Crippen molar-refractivity contribution in [2.45, 2.75) is 0 Å². The van der Waals surface area contributed by atoms with Crippen molar-refractivity contribution >= 4 is 22.5 Å². The number of hydrogen-bond donors (Lipinski definition) is 1. The van der Waals surface area contributed by atoms with Crippen molar-refractivity contribution in [1.29, 1.82) is 0 Å². The Labute approximate surface area is 110 Å². The number of carbonyl (C=O) groups is 1. The molecule has 0 bridgehead atoms. The maximum Gasteiger partial charge on any atom is 0.195 e. The molecule has 0 aliphatic carbocycles. The number of aromatic nitrogens is 1. The molecule has 19 heavy (non-hydrogen) atoms. The van der Waals surface area contributed by atoms with E-state index in [1.165, 1.54) is 0 Å². The summed E-state index contributed by atoms with van der Waals surface area (Å²) < 4.78 is 0. The molecule has 3 aromatic rings. The molecule has 3 rings (SSSR count). The van der Waals surface area contributed by atoms with Crippen LogP contribution in [0.1, 0.15) is 15.9 Å². The molecule has 0 saturated carbocycles. The van der Waals surface area contributed by atoms with Gasteiger partial charge in [-0.15, -0.1) is 0 Å². The summed E-state index contributed by atoms with van der Waals surface area (Å²) in [6, 6.07) is 18.3. The highest BCUT2D eigenvalue weighted by atomic mass is 16.1. The lowest BCUT2D eigenvalue weighted by atomic mass is 10.0. The van der Waals surface area contributed by atoms with E-state index >= 15 is 0 Å². The number of pyridine rings is 1. The summed E-state index contributed by atoms with van der Waals surface area (Å²) in [7, 11) is 0. The fraction of sp³-hybridized carbons (Fsp3) is 0. The second kappa shape index (κ2) is 4.53. The first-order valence-electron chi connectivity index (χ1n) is 6.01. The molecule has 0 spiro atoms. The number of nitrogen functional groups attached to an aromatic ring is 1. The summed E-state index contributed by atoms with van der Waals surface area (Å²) in [5.74, 6) is 0.380. The molecular formula is C16H12N2O. The van der Waals surface area contributed by atoms with Gasteiger partial charge in [-0.1, -0.05) is 42.5 Å². The third kappa shape index (κ3) is 2.06. The Kier molecular flexibility index (Phi) is 2.72. The van der Waals surface area contributed by atoms with Crippen LogP contribution in [0, 0.1) is 0 Å². The van der Waals surface area contributed by atoms with Crippen LogP contribution in [-0.4, -0.2) is 10.8 Å². The van der Waals surface area contributed by atoms with Crippen LogP contribution in [0.3, 0.4) is 0 Å². The van der Waals surface area contributed by atoms with Crippen molar-refractivity contribution < 1.29 is 4.79 Å². The first-order chi connectivity index (χ1) is 9.25. The molecular weight excluding hydrogens is 236 g/mol. The minimum absolute atomic E-state index is 0.0377. The number of benzene rings is 2. The smallest absolute Gasteiger partial charge is 0.195 e. The minimum atomic E-state index is -0.0377. The van der Waals surface area contributed by atoms with E-state index in [0.717, 1.165) is 5.39 Å². The average Bonchev–Trinajstić information content (AvgIpc) is 2.47. The van der Waals surface area contributed by atoms with Crippen LogP contribution in [-0.2, 0) is 0 Å². The molecule has 0 atom stereocenters. The van der Waals surface area contributed by atoms with Crippen LogP contribution >= 0.6 is 0 Å². The lowest BCUT2D eigenvalue weighted by Crippen LogP contribution is -2.03. The largest absolute Gasteiger partial charge is 0.384 e. The first kappa shape index (κ1) is 11.4. The average molecular weight is 248 g/mol. The highest BCUT2D eigenvalue weighted by molar-refractivity contribution is 6.15. The number of hydrogen-bond acceptors (Lipinski definition) is 3. The van der Waals surface area contributed by atoms with Gasteiger partial charge in [-0.3, -0.25) is 4.79 Å². The predicted octanol–water partition coefficient (Wildman–Crippen LogP) is 3.05. The maximum atomic E-state index is 12.5. The van der Waals surface area contributed by atoms with Crippen molar-refractivity contribution in [3.63, 3.8) is 0 Å². The van der Waals surface area contributed by atoms with Crippen LogP contribution in [0.2, 0.25) is 0 Å². The van der Waals surface area contributed by atoms with Gasteiger partial charge >= 0.3 is 0 Å². The Morgan fingerprint density at radius 1 is 0.895 bits per heavy atom. The molecule has 0 amide bonds. The van der Waals surface area contributed by atoms with Crippen LogP contribution in [0.15, 0.2) is 60.7 Å². The Morgan fingerprint density at radius 3 is 2.47 bits per heavy atom. The van der Waals surface area contributed by atoms with Gasteiger partial charge in [0.15, 0.2) is 5.78 Å². The molecule has 2 N–H and O–H groups in total. The molecule has 0 saturated heterocycles. The number of nitrogens with two attached hydrogens (primary N) is 1. The zero-order valence-corrected chi connectivity index (χ0v) is 10.2. The number of anilines is 1. The lowest BCUT2D eigenvalue weighted by Gasteiger charge is -2.05. The molecule has 0 unspecified atom stereocenters. The third-order valence-corrected chi connectivity index (χ3v) is 3.02. The highest BCUT2D eigenvalue weighted by Crippen LogP contribution is 2.20. The van der Waals surface area contributed by atoms with Crippen molar-refractivity contribution in [1.82, 2.24) is 4.98 Å². The van der Waals surface area contributed by atoms with E-state index in [1.54, 1.807) is 24.3 Å². The Balaban J connectivity index is 2.20. The van der Waals surface area contributed by atoms with Crippen molar-refractivity contribution in [3.05, 3.63) is 71.8 Å².